The number of nitrogens with zero attached hydrogens (tertiary/aromatic N) is 1. The van der Waals surface area contributed by atoms with Crippen molar-refractivity contribution in [3.05, 3.63) is 30.1 Å². The molecule has 0 aromatic carbocycles. The molecule has 0 aliphatic rings. The number of aromatic nitrogens is 2. The van der Waals surface area contributed by atoms with Gasteiger partial charge in [0.25, 0.3) is 0 Å². The molecule has 3 N–H and O–H groups in total. The van der Waals surface area contributed by atoms with Crippen LogP contribution in [0.5, 0.6) is 0 Å². The van der Waals surface area contributed by atoms with Crippen LogP contribution in [0.15, 0.2) is 24.5 Å². The van der Waals surface area contributed by atoms with Crippen molar-refractivity contribution in [2.24, 2.45) is 11.1 Å². The van der Waals surface area contributed by atoms with Gasteiger partial charge in [0.15, 0.2) is 0 Å². The zero-order valence-corrected chi connectivity index (χ0v) is 9.25. The van der Waals surface area contributed by atoms with E-state index in [0.29, 0.717) is 6.54 Å². The average molecular weight is 203 g/mol. The quantitative estimate of drug-likeness (QED) is 0.802. The lowest BCUT2D eigenvalue weighted by Crippen LogP contribution is -2.25. The van der Waals surface area contributed by atoms with E-state index in [4.69, 9.17) is 5.73 Å². The molecule has 0 atom stereocenters. The van der Waals surface area contributed by atoms with Crippen molar-refractivity contribution >= 4 is 11.0 Å². The number of hydrogen-bond donors (Lipinski definition) is 2. The molecule has 0 saturated carbocycles. The summed E-state index contributed by atoms with van der Waals surface area (Å²) in [5, 5.41) is 1.21. The molecule has 2 rings (SSSR count). The normalized spacial score (nSPS) is 12.2. The van der Waals surface area contributed by atoms with Gasteiger partial charge in [-0.1, -0.05) is 13.8 Å². The first-order chi connectivity index (χ1) is 7.12. The molecule has 0 radical (unpaired) electrons. The second kappa shape index (κ2) is 3.66. The minimum atomic E-state index is 0.144. The molecule has 0 unspecified atom stereocenters. The summed E-state index contributed by atoms with van der Waals surface area (Å²) < 4.78 is 0. The number of hydrogen-bond acceptors (Lipinski definition) is 2. The molecule has 0 fully saturated rings. The highest BCUT2D eigenvalue weighted by atomic mass is 14.8. The van der Waals surface area contributed by atoms with Crippen LogP contribution < -0.4 is 5.73 Å². The molecular formula is C12H17N3. The Morgan fingerprint density at radius 2 is 2.27 bits per heavy atom. The van der Waals surface area contributed by atoms with Crippen LogP contribution >= 0.6 is 0 Å². The second-order valence-electron chi connectivity index (χ2n) is 4.76. The standard InChI is InChI=1S/C12H17N3/c1-12(2,8-13)6-9-7-15-11-10(9)4-3-5-14-11/h3-5,7H,6,8,13H2,1-2H3,(H,14,15). The topological polar surface area (TPSA) is 54.7 Å². The number of nitrogens with one attached hydrogen (secondary N) is 1. The van der Waals surface area contributed by atoms with Gasteiger partial charge in [0.1, 0.15) is 5.65 Å². The van der Waals surface area contributed by atoms with E-state index in [2.05, 4.69) is 29.9 Å². The van der Waals surface area contributed by atoms with E-state index in [9.17, 15) is 0 Å². The summed E-state index contributed by atoms with van der Waals surface area (Å²) in [6.45, 7) is 5.06. The Labute approximate surface area is 89.7 Å². The van der Waals surface area contributed by atoms with Crippen LogP contribution in [0.4, 0.5) is 0 Å². The summed E-state index contributed by atoms with van der Waals surface area (Å²) >= 11 is 0. The van der Waals surface area contributed by atoms with Crippen molar-refractivity contribution in [1.82, 2.24) is 9.97 Å². The fraction of sp³-hybridized carbons (Fsp3) is 0.417. The van der Waals surface area contributed by atoms with Crippen molar-refractivity contribution in [1.29, 1.82) is 0 Å². The van der Waals surface area contributed by atoms with E-state index in [1.54, 1.807) is 6.20 Å². The van der Waals surface area contributed by atoms with Gasteiger partial charge in [-0.15, -0.1) is 0 Å². The molecule has 3 heteroatoms. The van der Waals surface area contributed by atoms with Crippen LogP contribution in [0.2, 0.25) is 0 Å². The van der Waals surface area contributed by atoms with Gasteiger partial charge in [-0.05, 0) is 36.1 Å². The summed E-state index contributed by atoms with van der Waals surface area (Å²) in [6, 6.07) is 4.07. The lowest BCUT2D eigenvalue weighted by Gasteiger charge is -2.21. The SMILES string of the molecule is CC(C)(CN)Cc1c[nH]c2ncccc12. The van der Waals surface area contributed by atoms with Crippen LogP contribution in [0.25, 0.3) is 11.0 Å². The van der Waals surface area contributed by atoms with E-state index in [1.165, 1.54) is 10.9 Å². The monoisotopic (exact) mass is 203 g/mol. The van der Waals surface area contributed by atoms with Crippen LogP contribution in [-0.4, -0.2) is 16.5 Å². The van der Waals surface area contributed by atoms with Crippen molar-refractivity contribution in [2.75, 3.05) is 6.54 Å². The summed E-state index contributed by atoms with van der Waals surface area (Å²) in [5.41, 5.74) is 8.14. The highest BCUT2D eigenvalue weighted by molar-refractivity contribution is 5.79. The largest absolute Gasteiger partial charge is 0.346 e. The van der Waals surface area contributed by atoms with E-state index < -0.39 is 0 Å². The zero-order valence-electron chi connectivity index (χ0n) is 9.25. The lowest BCUT2D eigenvalue weighted by molar-refractivity contribution is 0.378. The minimum absolute atomic E-state index is 0.144. The molecule has 15 heavy (non-hydrogen) atoms. The lowest BCUT2D eigenvalue weighted by atomic mass is 9.86. The Balaban J connectivity index is 2.37. The first kappa shape index (κ1) is 10.2. The Kier molecular flexibility index (Phi) is 2.49. The summed E-state index contributed by atoms with van der Waals surface area (Å²) in [6.07, 6.45) is 4.82. The predicted molar refractivity (Wildman–Crippen MR) is 62.6 cm³/mol. The number of nitrogens with two attached hydrogens (primary N) is 1. The molecule has 0 spiro atoms. The first-order valence-corrected chi connectivity index (χ1v) is 5.23. The fourth-order valence-electron chi connectivity index (χ4n) is 1.75. The van der Waals surface area contributed by atoms with Crippen LogP contribution in [0, 0.1) is 5.41 Å². The van der Waals surface area contributed by atoms with Gasteiger partial charge in [-0.25, -0.2) is 4.98 Å². The molecule has 0 saturated heterocycles. The van der Waals surface area contributed by atoms with E-state index in [0.717, 1.165) is 12.1 Å². The minimum Gasteiger partial charge on any atom is -0.346 e. The molecular weight excluding hydrogens is 186 g/mol. The molecule has 0 aliphatic heterocycles. The Hall–Kier alpha value is -1.35. The van der Waals surface area contributed by atoms with Gasteiger partial charge in [0.2, 0.25) is 0 Å². The number of fused-ring (bicyclic) bond motifs is 1. The number of H-pyrrole nitrogens is 1. The average Bonchev–Trinajstić information content (AvgIpc) is 2.62. The summed E-state index contributed by atoms with van der Waals surface area (Å²) in [4.78, 5) is 7.45. The first-order valence-electron chi connectivity index (χ1n) is 5.23. The third-order valence-corrected chi connectivity index (χ3v) is 2.76. The molecule has 2 aromatic rings. The smallest absolute Gasteiger partial charge is 0.137 e. The molecule has 2 heterocycles. The van der Waals surface area contributed by atoms with Crippen molar-refractivity contribution in [3.8, 4) is 0 Å². The van der Waals surface area contributed by atoms with Gasteiger partial charge in [0, 0.05) is 17.8 Å². The molecule has 80 valence electrons. The van der Waals surface area contributed by atoms with Gasteiger partial charge in [-0.2, -0.15) is 0 Å². The maximum absolute atomic E-state index is 5.74. The van der Waals surface area contributed by atoms with E-state index in [-0.39, 0.29) is 5.41 Å². The number of aromatic amines is 1. The van der Waals surface area contributed by atoms with Crippen LogP contribution in [0.1, 0.15) is 19.4 Å². The number of rotatable bonds is 3. The van der Waals surface area contributed by atoms with Gasteiger partial charge in [0.05, 0.1) is 0 Å². The van der Waals surface area contributed by atoms with Gasteiger partial charge in [-0.3, -0.25) is 0 Å². The summed E-state index contributed by atoms with van der Waals surface area (Å²) in [7, 11) is 0. The van der Waals surface area contributed by atoms with Crippen LogP contribution in [0.3, 0.4) is 0 Å². The maximum atomic E-state index is 5.74. The third-order valence-electron chi connectivity index (χ3n) is 2.76. The fourth-order valence-corrected chi connectivity index (χ4v) is 1.75. The third kappa shape index (κ3) is 2.02. The predicted octanol–water partition coefficient (Wildman–Crippen LogP) is 2.09. The Bertz CT molecular complexity index is 457. The maximum Gasteiger partial charge on any atom is 0.137 e. The zero-order chi connectivity index (χ0) is 10.9. The van der Waals surface area contributed by atoms with Crippen LogP contribution in [-0.2, 0) is 6.42 Å². The Morgan fingerprint density at radius 3 is 3.00 bits per heavy atom. The highest BCUT2D eigenvalue weighted by Gasteiger charge is 2.18. The molecule has 2 aromatic heterocycles. The Morgan fingerprint density at radius 1 is 1.47 bits per heavy atom. The van der Waals surface area contributed by atoms with E-state index >= 15 is 0 Å². The molecule has 0 aliphatic carbocycles. The van der Waals surface area contributed by atoms with Crippen molar-refractivity contribution in [2.45, 2.75) is 20.3 Å². The molecule has 3 nitrogen and oxygen atoms in total. The number of pyridine rings is 1. The van der Waals surface area contributed by atoms with E-state index in [1.807, 2.05) is 12.3 Å². The summed E-state index contributed by atoms with van der Waals surface area (Å²) in [5.74, 6) is 0. The van der Waals surface area contributed by atoms with Gasteiger partial charge < -0.3 is 10.7 Å². The van der Waals surface area contributed by atoms with Crippen molar-refractivity contribution in [3.63, 3.8) is 0 Å². The van der Waals surface area contributed by atoms with Gasteiger partial charge >= 0.3 is 0 Å². The van der Waals surface area contributed by atoms with Crippen molar-refractivity contribution < 1.29 is 0 Å². The molecule has 0 bridgehead atoms. The second-order valence-corrected chi connectivity index (χ2v) is 4.76. The highest BCUT2D eigenvalue weighted by Crippen LogP contribution is 2.25. The molecule has 0 amide bonds.